The van der Waals surface area contributed by atoms with E-state index in [2.05, 4.69) is 36.2 Å². The second-order valence-electron chi connectivity index (χ2n) is 7.63. The minimum absolute atomic E-state index is 0.224. The number of hydrogen-bond acceptors (Lipinski definition) is 6. The number of urea groups is 1. The Bertz CT molecular complexity index is 1280. The highest BCUT2D eigenvalue weighted by Gasteiger charge is 2.13. The summed E-state index contributed by atoms with van der Waals surface area (Å²) in [6.07, 6.45) is 6.83. The van der Waals surface area contributed by atoms with Crippen LogP contribution in [0, 0.1) is 0 Å². The molecule has 9 nitrogen and oxygen atoms in total. The van der Waals surface area contributed by atoms with Crippen LogP contribution in [0.1, 0.15) is 21.5 Å². The van der Waals surface area contributed by atoms with E-state index in [0.29, 0.717) is 35.9 Å². The van der Waals surface area contributed by atoms with Crippen LogP contribution in [0.2, 0.25) is 0 Å². The maximum atomic E-state index is 12.3. The van der Waals surface area contributed by atoms with E-state index in [4.69, 9.17) is 0 Å². The Morgan fingerprint density at radius 2 is 1.63 bits per heavy atom. The van der Waals surface area contributed by atoms with Crippen molar-refractivity contribution in [2.75, 3.05) is 17.7 Å². The first-order chi connectivity index (χ1) is 17.1. The van der Waals surface area contributed by atoms with E-state index in [1.165, 1.54) is 0 Å². The van der Waals surface area contributed by atoms with Crippen molar-refractivity contribution in [2.45, 2.75) is 13.1 Å². The number of aromatic nitrogens is 3. The molecule has 9 heteroatoms. The van der Waals surface area contributed by atoms with Crippen molar-refractivity contribution in [1.82, 2.24) is 25.6 Å². The van der Waals surface area contributed by atoms with Gasteiger partial charge in [-0.25, -0.2) is 9.78 Å². The predicted octanol–water partition coefficient (Wildman–Crippen LogP) is 3.83. The van der Waals surface area contributed by atoms with Crippen LogP contribution < -0.4 is 21.3 Å². The molecule has 176 valence electrons. The van der Waals surface area contributed by atoms with E-state index in [9.17, 15) is 9.59 Å². The maximum Gasteiger partial charge on any atom is 0.319 e. The van der Waals surface area contributed by atoms with Gasteiger partial charge < -0.3 is 21.3 Å². The molecule has 0 unspecified atom stereocenters. The summed E-state index contributed by atoms with van der Waals surface area (Å²) in [5.74, 6) is 0.258. The molecule has 0 saturated heterocycles. The number of nitrogens with one attached hydrogen (secondary N) is 4. The van der Waals surface area contributed by atoms with E-state index < -0.39 is 0 Å². The van der Waals surface area contributed by atoms with Gasteiger partial charge in [-0.05, 0) is 53.6 Å². The number of carbonyl (C=O) groups is 2. The molecular weight excluding hydrogens is 442 g/mol. The Hall–Kier alpha value is -4.79. The number of nitrogens with zero attached hydrogens (tertiary/aromatic N) is 3. The molecule has 0 aliphatic heterocycles. The number of benzene rings is 1. The van der Waals surface area contributed by atoms with Gasteiger partial charge in [0, 0.05) is 56.2 Å². The Morgan fingerprint density at radius 1 is 0.829 bits per heavy atom. The van der Waals surface area contributed by atoms with Gasteiger partial charge in [0.05, 0.1) is 11.3 Å². The summed E-state index contributed by atoms with van der Waals surface area (Å²) in [5, 5.41) is 11.5. The van der Waals surface area contributed by atoms with Crippen molar-refractivity contribution in [3.8, 4) is 11.3 Å². The fourth-order valence-electron chi connectivity index (χ4n) is 3.34. The highest BCUT2D eigenvalue weighted by atomic mass is 16.2. The Balaban J connectivity index is 1.44. The van der Waals surface area contributed by atoms with Gasteiger partial charge in [-0.15, -0.1) is 0 Å². The van der Waals surface area contributed by atoms with Crippen molar-refractivity contribution in [1.29, 1.82) is 0 Å². The smallest absolute Gasteiger partial charge is 0.319 e. The Morgan fingerprint density at radius 3 is 2.34 bits per heavy atom. The summed E-state index contributed by atoms with van der Waals surface area (Å²) in [7, 11) is 1.58. The third-order valence-electron chi connectivity index (χ3n) is 5.19. The molecule has 1 aromatic carbocycles. The van der Waals surface area contributed by atoms with Gasteiger partial charge in [-0.2, -0.15) is 0 Å². The van der Waals surface area contributed by atoms with E-state index in [0.717, 1.165) is 16.7 Å². The van der Waals surface area contributed by atoms with Gasteiger partial charge in [0.25, 0.3) is 5.91 Å². The first-order valence-electron chi connectivity index (χ1n) is 11.0. The monoisotopic (exact) mass is 467 g/mol. The summed E-state index contributed by atoms with van der Waals surface area (Å²) in [4.78, 5) is 37.3. The standard InChI is InChI=1S/C26H25N7O2/c1-27-25(34)22-8-9-23(33-24(22)30-16-18-10-13-28-14-11-18)20-4-6-21(7-5-20)32-26(35)31-17-19-3-2-12-29-15-19/h2-15H,16-17H2,1H3,(H,27,34)(H,30,33)(H2,31,32,35). The normalized spacial score (nSPS) is 10.3. The fraction of sp³-hybridized carbons (Fsp3) is 0.115. The van der Waals surface area contributed by atoms with E-state index in [-0.39, 0.29) is 11.9 Å². The molecular formula is C26H25N7O2. The first-order valence-corrected chi connectivity index (χ1v) is 11.0. The molecule has 35 heavy (non-hydrogen) atoms. The van der Waals surface area contributed by atoms with Gasteiger partial charge >= 0.3 is 6.03 Å². The average Bonchev–Trinajstić information content (AvgIpc) is 2.92. The van der Waals surface area contributed by atoms with Gasteiger partial charge in [0.1, 0.15) is 5.82 Å². The topological polar surface area (TPSA) is 121 Å². The lowest BCUT2D eigenvalue weighted by atomic mass is 10.1. The zero-order chi connectivity index (χ0) is 24.5. The van der Waals surface area contributed by atoms with Crippen LogP contribution in [-0.2, 0) is 13.1 Å². The zero-order valence-corrected chi connectivity index (χ0v) is 19.2. The number of carbonyl (C=O) groups excluding carboxylic acids is 2. The summed E-state index contributed by atoms with van der Waals surface area (Å²) in [6.45, 7) is 0.884. The van der Waals surface area contributed by atoms with Gasteiger partial charge in [-0.1, -0.05) is 18.2 Å². The van der Waals surface area contributed by atoms with Crippen LogP contribution in [-0.4, -0.2) is 33.9 Å². The molecule has 0 radical (unpaired) electrons. The van der Waals surface area contributed by atoms with E-state index in [1.54, 1.807) is 56.1 Å². The Labute approximate surface area is 203 Å². The summed E-state index contributed by atoms with van der Waals surface area (Å²) >= 11 is 0. The lowest BCUT2D eigenvalue weighted by molar-refractivity contribution is 0.0963. The van der Waals surface area contributed by atoms with Gasteiger partial charge in [-0.3, -0.25) is 14.8 Å². The van der Waals surface area contributed by atoms with Crippen LogP contribution >= 0.6 is 0 Å². The largest absolute Gasteiger partial charge is 0.365 e. The molecule has 4 rings (SSSR count). The number of pyridine rings is 3. The fourth-order valence-corrected chi connectivity index (χ4v) is 3.34. The molecule has 4 aromatic rings. The molecule has 0 saturated carbocycles. The minimum Gasteiger partial charge on any atom is -0.365 e. The van der Waals surface area contributed by atoms with Crippen molar-refractivity contribution in [3.05, 3.63) is 102 Å². The Kier molecular flexibility index (Phi) is 7.59. The number of hydrogen-bond donors (Lipinski definition) is 4. The summed E-state index contributed by atoms with van der Waals surface area (Å²) in [6, 6.07) is 18.1. The number of amides is 3. The van der Waals surface area contributed by atoms with Crippen molar-refractivity contribution >= 4 is 23.4 Å². The van der Waals surface area contributed by atoms with Crippen molar-refractivity contribution in [3.63, 3.8) is 0 Å². The first kappa shape index (κ1) is 23.4. The lowest BCUT2D eigenvalue weighted by Crippen LogP contribution is -2.28. The van der Waals surface area contributed by atoms with Crippen LogP contribution in [0.4, 0.5) is 16.3 Å². The predicted molar refractivity (Wildman–Crippen MR) is 135 cm³/mol. The second kappa shape index (κ2) is 11.4. The lowest BCUT2D eigenvalue weighted by Gasteiger charge is -2.13. The average molecular weight is 468 g/mol. The number of anilines is 2. The molecule has 3 aromatic heterocycles. The van der Waals surface area contributed by atoms with E-state index >= 15 is 0 Å². The van der Waals surface area contributed by atoms with Crippen LogP contribution in [0.25, 0.3) is 11.3 Å². The van der Waals surface area contributed by atoms with Gasteiger partial charge in [0.2, 0.25) is 0 Å². The molecule has 0 spiro atoms. The summed E-state index contributed by atoms with van der Waals surface area (Å²) < 4.78 is 0. The quantitative estimate of drug-likeness (QED) is 0.313. The molecule has 0 atom stereocenters. The SMILES string of the molecule is CNC(=O)c1ccc(-c2ccc(NC(=O)NCc3cccnc3)cc2)nc1NCc1ccncc1. The summed E-state index contributed by atoms with van der Waals surface area (Å²) in [5.41, 5.74) is 4.58. The van der Waals surface area contributed by atoms with Crippen LogP contribution in [0.15, 0.2) is 85.5 Å². The highest BCUT2D eigenvalue weighted by Crippen LogP contribution is 2.24. The maximum absolute atomic E-state index is 12.3. The third-order valence-corrected chi connectivity index (χ3v) is 5.19. The number of rotatable bonds is 8. The molecule has 0 aliphatic carbocycles. The second-order valence-corrected chi connectivity index (χ2v) is 7.63. The molecule has 0 bridgehead atoms. The molecule has 3 amide bonds. The minimum atomic E-state index is -0.308. The van der Waals surface area contributed by atoms with Crippen molar-refractivity contribution < 1.29 is 9.59 Å². The van der Waals surface area contributed by atoms with E-state index in [1.807, 2.05) is 36.4 Å². The van der Waals surface area contributed by atoms with Gasteiger partial charge in [0.15, 0.2) is 0 Å². The zero-order valence-electron chi connectivity index (χ0n) is 19.2. The van der Waals surface area contributed by atoms with Crippen LogP contribution in [0.3, 0.4) is 0 Å². The molecule has 4 N–H and O–H groups in total. The van der Waals surface area contributed by atoms with Crippen LogP contribution in [0.5, 0.6) is 0 Å². The molecule has 0 fully saturated rings. The molecule has 3 heterocycles. The van der Waals surface area contributed by atoms with Crippen molar-refractivity contribution in [2.24, 2.45) is 0 Å². The third kappa shape index (κ3) is 6.38. The molecule has 0 aliphatic rings. The highest BCUT2D eigenvalue weighted by molar-refractivity contribution is 5.99.